The predicted octanol–water partition coefficient (Wildman–Crippen LogP) is 2.46. The molecule has 1 aromatic carbocycles. The van der Waals surface area contributed by atoms with Crippen LogP contribution in [0.2, 0.25) is 0 Å². The van der Waals surface area contributed by atoms with Gasteiger partial charge in [0.1, 0.15) is 0 Å². The lowest BCUT2D eigenvalue weighted by atomic mass is 9.88. The molecule has 2 aromatic rings. The zero-order valence-corrected chi connectivity index (χ0v) is 10.7. The first kappa shape index (κ1) is 12.1. The Labute approximate surface area is 112 Å². The third kappa shape index (κ3) is 2.58. The van der Waals surface area contributed by atoms with E-state index in [-0.39, 0.29) is 12.6 Å². The first-order chi connectivity index (χ1) is 9.36. The molecule has 3 rings (SSSR count). The summed E-state index contributed by atoms with van der Waals surface area (Å²) in [6, 6.07) is 10.5. The van der Waals surface area contributed by atoms with Gasteiger partial charge in [-0.05, 0) is 36.5 Å². The van der Waals surface area contributed by atoms with E-state index in [9.17, 15) is 0 Å². The van der Waals surface area contributed by atoms with Gasteiger partial charge in [0.05, 0.1) is 18.3 Å². The van der Waals surface area contributed by atoms with Crippen LogP contribution in [0.3, 0.4) is 0 Å². The number of aromatic nitrogens is 2. The van der Waals surface area contributed by atoms with Crippen molar-refractivity contribution in [2.45, 2.75) is 31.9 Å². The lowest BCUT2D eigenvalue weighted by Gasteiger charge is -2.26. The zero-order valence-electron chi connectivity index (χ0n) is 10.7. The minimum atomic E-state index is -0.0571. The normalized spacial score (nSPS) is 17.8. The third-order valence-electron chi connectivity index (χ3n) is 3.55. The molecule has 4 heteroatoms. The number of aliphatic hydroxyl groups excluding tert-OH is 1. The molecular weight excluding hydrogens is 238 g/mol. The summed E-state index contributed by atoms with van der Waals surface area (Å²) < 4.78 is 0. The molecular formula is C15H17N3O. The van der Waals surface area contributed by atoms with Crippen LogP contribution in [0.1, 0.15) is 35.7 Å². The van der Waals surface area contributed by atoms with Crippen molar-refractivity contribution in [2.24, 2.45) is 0 Å². The average Bonchev–Trinajstić information content (AvgIpc) is 2.48. The molecule has 1 aromatic heterocycles. The largest absolute Gasteiger partial charge is 0.390 e. The second kappa shape index (κ2) is 5.36. The van der Waals surface area contributed by atoms with Crippen molar-refractivity contribution in [3.63, 3.8) is 0 Å². The predicted molar refractivity (Wildman–Crippen MR) is 73.7 cm³/mol. The van der Waals surface area contributed by atoms with E-state index in [0.29, 0.717) is 11.6 Å². The standard InChI is InChI=1S/C15H17N3O/c19-10-12-8-9-16-15(17-12)18-14-7-3-5-11-4-1-2-6-13(11)14/h1-2,4,6,8-9,14,19H,3,5,7,10H2,(H,16,17,18). The fraction of sp³-hybridized carbons (Fsp3) is 0.333. The SMILES string of the molecule is OCc1ccnc(NC2CCCc3ccccc32)n1. The van der Waals surface area contributed by atoms with E-state index < -0.39 is 0 Å². The van der Waals surface area contributed by atoms with E-state index in [0.717, 1.165) is 12.8 Å². The molecule has 0 fully saturated rings. The number of aliphatic hydroxyl groups is 1. The van der Waals surface area contributed by atoms with Gasteiger partial charge in [-0.15, -0.1) is 0 Å². The highest BCUT2D eigenvalue weighted by atomic mass is 16.3. The van der Waals surface area contributed by atoms with Crippen molar-refractivity contribution in [1.82, 2.24) is 9.97 Å². The minimum Gasteiger partial charge on any atom is -0.390 e. The van der Waals surface area contributed by atoms with Gasteiger partial charge in [-0.3, -0.25) is 0 Å². The number of benzene rings is 1. The molecule has 0 aliphatic heterocycles. The third-order valence-corrected chi connectivity index (χ3v) is 3.55. The van der Waals surface area contributed by atoms with Gasteiger partial charge in [0, 0.05) is 6.20 Å². The van der Waals surface area contributed by atoms with Gasteiger partial charge in [-0.25, -0.2) is 9.97 Å². The quantitative estimate of drug-likeness (QED) is 0.884. The molecule has 0 spiro atoms. The summed E-state index contributed by atoms with van der Waals surface area (Å²) in [6.45, 7) is -0.0571. The number of hydrogen-bond acceptors (Lipinski definition) is 4. The summed E-state index contributed by atoms with van der Waals surface area (Å²) in [5.41, 5.74) is 3.39. The highest BCUT2D eigenvalue weighted by Gasteiger charge is 2.20. The van der Waals surface area contributed by atoms with E-state index in [1.54, 1.807) is 12.3 Å². The first-order valence-electron chi connectivity index (χ1n) is 6.64. The summed E-state index contributed by atoms with van der Waals surface area (Å²) in [5.74, 6) is 0.591. The molecule has 1 aliphatic carbocycles. The van der Waals surface area contributed by atoms with Crippen molar-refractivity contribution in [3.05, 3.63) is 53.3 Å². The molecule has 0 bridgehead atoms. The molecule has 98 valence electrons. The summed E-state index contributed by atoms with van der Waals surface area (Å²) in [6.07, 6.45) is 5.08. The molecule has 0 saturated carbocycles. The molecule has 0 saturated heterocycles. The Balaban J connectivity index is 1.84. The van der Waals surface area contributed by atoms with Crippen molar-refractivity contribution >= 4 is 5.95 Å². The van der Waals surface area contributed by atoms with Gasteiger partial charge < -0.3 is 10.4 Å². The number of fused-ring (bicyclic) bond motifs is 1. The number of nitrogens with one attached hydrogen (secondary N) is 1. The van der Waals surface area contributed by atoms with Crippen LogP contribution < -0.4 is 5.32 Å². The van der Waals surface area contributed by atoms with E-state index >= 15 is 0 Å². The Morgan fingerprint density at radius 1 is 1.26 bits per heavy atom. The van der Waals surface area contributed by atoms with Gasteiger partial charge in [0.25, 0.3) is 0 Å². The van der Waals surface area contributed by atoms with Gasteiger partial charge in [0.2, 0.25) is 5.95 Å². The fourth-order valence-electron chi connectivity index (χ4n) is 2.61. The van der Waals surface area contributed by atoms with Crippen LogP contribution in [-0.4, -0.2) is 15.1 Å². The van der Waals surface area contributed by atoms with E-state index in [4.69, 9.17) is 5.11 Å². The zero-order chi connectivity index (χ0) is 13.1. The maximum atomic E-state index is 9.11. The Morgan fingerprint density at radius 2 is 2.16 bits per heavy atom. The van der Waals surface area contributed by atoms with E-state index in [1.165, 1.54) is 17.5 Å². The lowest BCUT2D eigenvalue weighted by molar-refractivity contribution is 0.277. The lowest BCUT2D eigenvalue weighted by Crippen LogP contribution is -2.18. The first-order valence-corrected chi connectivity index (χ1v) is 6.64. The molecule has 0 radical (unpaired) electrons. The highest BCUT2D eigenvalue weighted by Crippen LogP contribution is 2.31. The number of anilines is 1. The topological polar surface area (TPSA) is 58.0 Å². The van der Waals surface area contributed by atoms with Crippen molar-refractivity contribution in [1.29, 1.82) is 0 Å². The second-order valence-electron chi connectivity index (χ2n) is 4.82. The van der Waals surface area contributed by atoms with Crippen molar-refractivity contribution in [3.8, 4) is 0 Å². The Hall–Kier alpha value is -1.94. The Bertz CT molecular complexity index is 571. The van der Waals surface area contributed by atoms with Crippen LogP contribution in [0.25, 0.3) is 0 Å². The van der Waals surface area contributed by atoms with Gasteiger partial charge in [0.15, 0.2) is 0 Å². The van der Waals surface area contributed by atoms with Crippen LogP contribution in [0.15, 0.2) is 36.5 Å². The Kier molecular flexibility index (Phi) is 3.42. The number of aryl methyl sites for hydroxylation is 1. The van der Waals surface area contributed by atoms with Crippen molar-refractivity contribution in [2.75, 3.05) is 5.32 Å². The highest BCUT2D eigenvalue weighted by molar-refractivity contribution is 5.38. The molecule has 2 N–H and O–H groups in total. The molecule has 4 nitrogen and oxygen atoms in total. The monoisotopic (exact) mass is 255 g/mol. The molecule has 1 heterocycles. The molecule has 19 heavy (non-hydrogen) atoms. The molecule has 1 aliphatic rings. The molecule has 0 amide bonds. The number of nitrogens with zero attached hydrogens (tertiary/aromatic N) is 2. The van der Waals surface area contributed by atoms with Crippen LogP contribution in [-0.2, 0) is 13.0 Å². The summed E-state index contributed by atoms with van der Waals surface area (Å²) in [5, 5.41) is 12.5. The van der Waals surface area contributed by atoms with Crippen LogP contribution >= 0.6 is 0 Å². The second-order valence-corrected chi connectivity index (χ2v) is 4.82. The van der Waals surface area contributed by atoms with Crippen molar-refractivity contribution < 1.29 is 5.11 Å². The molecule has 1 unspecified atom stereocenters. The maximum Gasteiger partial charge on any atom is 0.223 e. The van der Waals surface area contributed by atoms with Crippen LogP contribution in [0.4, 0.5) is 5.95 Å². The smallest absolute Gasteiger partial charge is 0.223 e. The number of rotatable bonds is 3. The molecule has 1 atom stereocenters. The van der Waals surface area contributed by atoms with Crippen LogP contribution in [0.5, 0.6) is 0 Å². The Morgan fingerprint density at radius 3 is 3.05 bits per heavy atom. The summed E-state index contributed by atoms with van der Waals surface area (Å²) in [4.78, 5) is 8.51. The van der Waals surface area contributed by atoms with Gasteiger partial charge in [-0.1, -0.05) is 24.3 Å². The van der Waals surface area contributed by atoms with E-state index in [2.05, 4.69) is 39.6 Å². The average molecular weight is 255 g/mol. The van der Waals surface area contributed by atoms with E-state index in [1.807, 2.05) is 0 Å². The van der Waals surface area contributed by atoms with Gasteiger partial charge >= 0.3 is 0 Å². The minimum absolute atomic E-state index is 0.0571. The summed E-state index contributed by atoms with van der Waals surface area (Å²) >= 11 is 0. The van der Waals surface area contributed by atoms with Crippen LogP contribution in [0, 0.1) is 0 Å². The maximum absolute atomic E-state index is 9.11. The number of hydrogen-bond donors (Lipinski definition) is 2. The summed E-state index contributed by atoms with van der Waals surface area (Å²) in [7, 11) is 0. The van der Waals surface area contributed by atoms with Gasteiger partial charge in [-0.2, -0.15) is 0 Å². The fourth-order valence-corrected chi connectivity index (χ4v) is 2.61.